The van der Waals surface area contributed by atoms with Crippen molar-refractivity contribution in [3.8, 4) is 0 Å². The first kappa shape index (κ1) is 14.6. The van der Waals surface area contributed by atoms with Crippen molar-refractivity contribution in [2.75, 3.05) is 7.11 Å². The summed E-state index contributed by atoms with van der Waals surface area (Å²) in [7, 11) is 1.80. The molecule has 0 amide bonds. The lowest BCUT2D eigenvalue weighted by Crippen LogP contribution is -2.25. The normalized spacial score (nSPS) is 25.4. The molecule has 21 heavy (non-hydrogen) atoms. The summed E-state index contributed by atoms with van der Waals surface area (Å²) in [6, 6.07) is 7.37. The van der Waals surface area contributed by atoms with Gasteiger partial charge in [-0.1, -0.05) is 18.2 Å². The molecule has 2 aliphatic rings. The molecule has 1 aromatic rings. The predicted molar refractivity (Wildman–Crippen MR) is 88.1 cm³/mol. The second kappa shape index (κ2) is 6.23. The van der Waals surface area contributed by atoms with E-state index < -0.39 is 0 Å². The Hall–Kier alpha value is -1.28. The summed E-state index contributed by atoms with van der Waals surface area (Å²) in [6.45, 7) is 2.21. The van der Waals surface area contributed by atoms with Gasteiger partial charge in [0, 0.05) is 11.6 Å². The molecule has 2 heteroatoms. The number of hydrogen-bond donors (Lipinski definition) is 1. The van der Waals surface area contributed by atoms with E-state index in [1.807, 2.05) is 0 Å². The molecule has 0 aliphatic heterocycles. The highest BCUT2D eigenvalue weighted by Crippen LogP contribution is 2.37. The third-order valence-corrected chi connectivity index (χ3v) is 5.22. The molecule has 0 radical (unpaired) electrons. The van der Waals surface area contributed by atoms with Crippen molar-refractivity contribution in [3.05, 3.63) is 40.5 Å². The molecule has 2 N–H and O–H groups in total. The molecule has 2 nitrogen and oxygen atoms in total. The monoisotopic (exact) mass is 285 g/mol. The Kier molecular flexibility index (Phi) is 4.34. The summed E-state index contributed by atoms with van der Waals surface area (Å²) in [6.07, 6.45) is 8.51. The van der Waals surface area contributed by atoms with E-state index in [1.54, 1.807) is 7.11 Å². The average Bonchev–Trinajstić information content (AvgIpc) is 2.44. The fourth-order valence-corrected chi connectivity index (χ4v) is 3.67. The van der Waals surface area contributed by atoms with Crippen molar-refractivity contribution in [2.45, 2.75) is 63.8 Å². The van der Waals surface area contributed by atoms with Gasteiger partial charge in [0.15, 0.2) is 0 Å². The summed E-state index contributed by atoms with van der Waals surface area (Å²) in [5.74, 6) is 1.82. The Morgan fingerprint density at radius 2 is 1.86 bits per heavy atom. The van der Waals surface area contributed by atoms with Gasteiger partial charge in [-0.15, -0.1) is 0 Å². The molecule has 0 atom stereocenters. The number of benzene rings is 1. The van der Waals surface area contributed by atoms with E-state index >= 15 is 0 Å². The average molecular weight is 285 g/mol. The highest BCUT2D eigenvalue weighted by atomic mass is 16.5. The van der Waals surface area contributed by atoms with Gasteiger partial charge in [0.25, 0.3) is 0 Å². The Morgan fingerprint density at radius 3 is 2.38 bits per heavy atom. The molecule has 1 aromatic carbocycles. The summed E-state index contributed by atoms with van der Waals surface area (Å²) < 4.78 is 5.68. The summed E-state index contributed by atoms with van der Waals surface area (Å²) in [5.41, 5.74) is 11.6. The first-order valence-corrected chi connectivity index (χ1v) is 8.31. The van der Waals surface area contributed by atoms with E-state index in [9.17, 15) is 0 Å². The van der Waals surface area contributed by atoms with Gasteiger partial charge in [-0.3, -0.25) is 0 Å². The maximum absolute atomic E-state index is 6.02. The second-order valence-electron chi connectivity index (χ2n) is 6.68. The molecular formula is C19H27NO. The predicted octanol–water partition coefficient (Wildman–Crippen LogP) is 4.52. The molecule has 2 saturated carbocycles. The van der Waals surface area contributed by atoms with Crippen LogP contribution >= 0.6 is 0 Å². The van der Waals surface area contributed by atoms with Crippen LogP contribution in [0.2, 0.25) is 0 Å². The Bertz CT molecular complexity index is 532. The Morgan fingerprint density at radius 1 is 1.14 bits per heavy atom. The number of aryl methyl sites for hydroxylation is 1. The van der Waals surface area contributed by atoms with Gasteiger partial charge < -0.3 is 10.5 Å². The number of rotatable bonds is 3. The maximum Gasteiger partial charge on any atom is 0.125 e. The van der Waals surface area contributed by atoms with E-state index in [2.05, 4.69) is 25.1 Å². The van der Waals surface area contributed by atoms with Crippen molar-refractivity contribution in [2.24, 2.45) is 5.73 Å². The highest BCUT2D eigenvalue weighted by Gasteiger charge is 2.22. The third kappa shape index (κ3) is 3.01. The van der Waals surface area contributed by atoms with Gasteiger partial charge in [0.1, 0.15) is 5.76 Å². The first-order chi connectivity index (χ1) is 10.2. The molecule has 0 spiro atoms. The number of hydrogen-bond acceptors (Lipinski definition) is 2. The van der Waals surface area contributed by atoms with Crippen molar-refractivity contribution < 1.29 is 4.74 Å². The maximum atomic E-state index is 6.02. The van der Waals surface area contributed by atoms with Gasteiger partial charge in [0.05, 0.1) is 7.11 Å². The molecule has 114 valence electrons. The van der Waals surface area contributed by atoms with Gasteiger partial charge in [-0.25, -0.2) is 0 Å². The van der Waals surface area contributed by atoms with Crippen molar-refractivity contribution in [1.29, 1.82) is 0 Å². The van der Waals surface area contributed by atoms with E-state index in [-0.39, 0.29) is 0 Å². The standard InChI is InChI=1S/C19H27NO/c1-13-12-16(14-6-9-17(20)10-7-14)8-11-18(13)19(21-2)15-4-3-5-15/h8,11-12,14,17H,3-7,9-10,20H2,1-2H3. The van der Waals surface area contributed by atoms with Crippen LogP contribution in [0.1, 0.15) is 67.6 Å². The third-order valence-electron chi connectivity index (χ3n) is 5.22. The second-order valence-corrected chi connectivity index (χ2v) is 6.68. The summed E-state index contributed by atoms with van der Waals surface area (Å²) in [5, 5.41) is 0. The van der Waals surface area contributed by atoms with Crippen LogP contribution in [0.25, 0.3) is 5.76 Å². The largest absolute Gasteiger partial charge is 0.496 e. The van der Waals surface area contributed by atoms with Crippen molar-refractivity contribution in [1.82, 2.24) is 0 Å². The fraction of sp³-hybridized carbons (Fsp3) is 0.579. The zero-order chi connectivity index (χ0) is 14.8. The molecule has 2 aliphatic carbocycles. The summed E-state index contributed by atoms with van der Waals surface area (Å²) >= 11 is 0. The number of methoxy groups -OCH3 is 1. The minimum Gasteiger partial charge on any atom is -0.496 e. The van der Waals surface area contributed by atoms with E-state index in [0.29, 0.717) is 12.0 Å². The van der Waals surface area contributed by atoms with E-state index in [4.69, 9.17) is 10.5 Å². The number of nitrogens with two attached hydrogens (primary N) is 1. The van der Waals surface area contributed by atoms with E-state index in [1.165, 1.54) is 67.2 Å². The first-order valence-electron chi connectivity index (χ1n) is 8.31. The Labute approximate surface area is 128 Å². The number of ether oxygens (including phenoxy) is 1. The van der Waals surface area contributed by atoms with Crippen LogP contribution in [0.15, 0.2) is 23.8 Å². The van der Waals surface area contributed by atoms with Gasteiger partial charge >= 0.3 is 0 Å². The summed E-state index contributed by atoms with van der Waals surface area (Å²) in [4.78, 5) is 0. The highest BCUT2D eigenvalue weighted by molar-refractivity contribution is 5.67. The van der Waals surface area contributed by atoms with Crippen molar-refractivity contribution in [3.63, 3.8) is 0 Å². The number of allylic oxidation sites excluding steroid dienone is 1. The molecule has 2 fully saturated rings. The Balaban J connectivity index is 1.83. The van der Waals surface area contributed by atoms with Gasteiger partial charge in [-0.05, 0) is 74.5 Å². The minimum atomic E-state index is 0.421. The SMILES string of the molecule is COC(=C1CCC1)c1ccc(C2CCC(N)CC2)cc1C. The fourth-order valence-electron chi connectivity index (χ4n) is 3.67. The molecule has 0 saturated heterocycles. The topological polar surface area (TPSA) is 35.2 Å². The van der Waals surface area contributed by atoms with Crippen LogP contribution < -0.4 is 5.73 Å². The van der Waals surface area contributed by atoms with Crippen LogP contribution in [-0.2, 0) is 4.74 Å². The zero-order valence-electron chi connectivity index (χ0n) is 13.3. The van der Waals surface area contributed by atoms with Gasteiger partial charge in [-0.2, -0.15) is 0 Å². The molecule has 0 aromatic heterocycles. The van der Waals surface area contributed by atoms with Crippen LogP contribution in [0.3, 0.4) is 0 Å². The minimum absolute atomic E-state index is 0.421. The van der Waals surface area contributed by atoms with Crippen molar-refractivity contribution >= 4 is 5.76 Å². The smallest absolute Gasteiger partial charge is 0.125 e. The lowest BCUT2D eigenvalue weighted by molar-refractivity contribution is 0.359. The molecular weight excluding hydrogens is 258 g/mol. The van der Waals surface area contributed by atoms with Crippen LogP contribution in [0, 0.1) is 6.92 Å². The van der Waals surface area contributed by atoms with Gasteiger partial charge in [0.2, 0.25) is 0 Å². The molecule has 3 rings (SSSR count). The quantitative estimate of drug-likeness (QED) is 0.829. The lowest BCUT2D eigenvalue weighted by Gasteiger charge is -2.27. The van der Waals surface area contributed by atoms with Crippen LogP contribution in [-0.4, -0.2) is 13.2 Å². The molecule has 0 bridgehead atoms. The molecule has 0 heterocycles. The van der Waals surface area contributed by atoms with Crippen LogP contribution in [0.4, 0.5) is 0 Å². The zero-order valence-corrected chi connectivity index (χ0v) is 13.3. The molecule has 0 unspecified atom stereocenters. The van der Waals surface area contributed by atoms with E-state index in [0.717, 1.165) is 5.76 Å². The lowest BCUT2D eigenvalue weighted by atomic mass is 9.81. The van der Waals surface area contributed by atoms with Crippen LogP contribution in [0.5, 0.6) is 0 Å².